The van der Waals surface area contributed by atoms with Gasteiger partial charge in [-0.2, -0.15) is 23.3 Å². The Bertz CT molecular complexity index is 1250. The third-order valence-corrected chi connectivity index (χ3v) is 4.62. The molecule has 0 saturated heterocycles. The smallest absolute Gasteiger partial charge is 0.352 e. The molecule has 0 spiro atoms. The molecule has 0 aromatic carbocycles. The molecule has 31 heavy (non-hydrogen) atoms. The summed E-state index contributed by atoms with van der Waals surface area (Å²) < 4.78 is 41.2. The van der Waals surface area contributed by atoms with E-state index in [4.69, 9.17) is 0 Å². The van der Waals surface area contributed by atoms with E-state index in [9.17, 15) is 18.0 Å². The van der Waals surface area contributed by atoms with Crippen LogP contribution in [0, 0.1) is 13.8 Å². The van der Waals surface area contributed by atoms with E-state index in [0.29, 0.717) is 22.8 Å². The van der Waals surface area contributed by atoms with Crippen molar-refractivity contribution in [2.45, 2.75) is 33.0 Å². The number of pyridine rings is 1. The Morgan fingerprint density at radius 2 is 2.03 bits per heavy atom. The van der Waals surface area contributed by atoms with Gasteiger partial charge in [0.15, 0.2) is 5.82 Å². The molecule has 4 heterocycles. The fourth-order valence-electron chi connectivity index (χ4n) is 3.09. The van der Waals surface area contributed by atoms with Gasteiger partial charge in [-0.25, -0.2) is 24.1 Å². The number of amides is 1. The predicted molar refractivity (Wildman–Crippen MR) is 100.0 cm³/mol. The number of carbonyl (C=O) groups is 1. The first-order chi connectivity index (χ1) is 14.7. The van der Waals surface area contributed by atoms with Crippen LogP contribution in [0.2, 0.25) is 0 Å². The Balaban J connectivity index is 1.53. The molecule has 160 valence electrons. The standard InChI is InChI=1S/C18H16F3N9O/c1-10-13(11(2)30-17(26-10)27-16(28-30)18(19,20)21)6-14(31)24-7-12-4-3-5-23-15(12)29-9-22-8-25-29/h3-5,8-9H,6-7H2,1-2H3,(H,24,31). The van der Waals surface area contributed by atoms with Crippen molar-refractivity contribution in [3.8, 4) is 5.82 Å². The van der Waals surface area contributed by atoms with Gasteiger partial charge >= 0.3 is 6.18 Å². The second kappa shape index (κ2) is 7.74. The van der Waals surface area contributed by atoms with Crippen LogP contribution in [0.3, 0.4) is 0 Å². The maximum Gasteiger partial charge on any atom is 0.453 e. The van der Waals surface area contributed by atoms with Gasteiger partial charge in [-0.3, -0.25) is 4.79 Å². The highest BCUT2D eigenvalue weighted by atomic mass is 19.4. The summed E-state index contributed by atoms with van der Waals surface area (Å²) >= 11 is 0. The molecule has 0 unspecified atom stereocenters. The summed E-state index contributed by atoms with van der Waals surface area (Å²) in [6.45, 7) is 3.36. The van der Waals surface area contributed by atoms with Crippen molar-refractivity contribution in [1.82, 2.24) is 44.6 Å². The van der Waals surface area contributed by atoms with Crippen LogP contribution in [-0.4, -0.2) is 45.2 Å². The highest BCUT2D eigenvalue weighted by molar-refractivity contribution is 5.79. The van der Waals surface area contributed by atoms with Crippen molar-refractivity contribution in [3.05, 3.63) is 59.3 Å². The van der Waals surface area contributed by atoms with Gasteiger partial charge in [0, 0.05) is 35.3 Å². The zero-order valence-corrected chi connectivity index (χ0v) is 16.4. The van der Waals surface area contributed by atoms with E-state index in [0.717, 1.165) is 10.1 Å². The lowest BCUT2D eigenvalue weighted by molar-refractivity contribution is -0.144. The van der Waals surface area contributed by atoms with E-state index in [-0.39, 0.29) is 24.7 Å². The number of nitrogens with zero attached hydrogens (tertiary/aromatic N) is 8. The Kier molecular flexibility index (Phi) is 5.09. The fourth-order valence-corrected chi connectivity index (χ4v) is 3.09. The first kappa shape index (κ1) is 20.4. The number of fused-ring (bicyclic) bond motifs is 1. The highest BCUT2D eigenvalue weighted by Gasteiger charge is 2.37. The summed E-state index contributed by atoms with van der Waals surface area (Å²) in [6.07, 6.45) is -0.296. The molecule has 0 saturated carbocycles. The number of halogens is 3. The van der Waals surface area contributed by atoms with E-state index in [1.54, 1.807) is 32.2 Å². The number of hydrogen-bond acceptors (Lipinski definition) is 7. The molecule has 13 heteroatoms. The summed E-state index contributed by atoms with van der Waals surface area (Å²) in [4.78, 5) is 28.2. The van der Waals surface area contributed by atoms with Crippen LogP contribution in [0.4, 0.5) is 13.2 Å². The van der Waals surface area contributed by atoms with E-state index >= 15 is 0 Å². The minimum absolute atomic E-state index is 0.0826. The number of nitrogens with one attached hydrogen (secondary N) is 1. The van der Waals surface area contributed by atoms with E-state index in [2.05, 4.69) is 35.5 Å². The van der Waals surface area contributed by atoms with Gasteiger partial charge in [0.2, 0.25) is 5.91 Å². The molecule has 10 nitrogen and oxygen atoms in total. The minimum Gasteiger partial charge on any atom is -0.352 e. The molecule has 0 atom stereocenters. The largest absolute Gasteiger partial charge is 0.453 e. The second-order valence-electron chi connectivity index (χ2n) is 6.69. The third-order valence-electron chi connectivity index (χ3n) is 4.62. The summed E-state index contributed by atoms with van der Waals surface area (Å²) in [5, 5.41) is 10.3. The van der Waals surface area contributed by atoms with Gasteiger partial charge < -0.3 is 5.32 Å². The first-order valence-electron chi connectivity index (χ1n) is 9.09. The molecule has 1 amide bonds. The van der Waals surface area contributed by atoms with Crippen molar-refractivity contribution in [2.75, 3.05) is 0 Å². The van der Waals surface area contributed by atoms with Gasteiger partial charge in [-0.05, 0) is 19.9 Å². The van der Waals surface area contributed by atoms with Crippen molar-refractivity contribution in [1.29, 1.82) is 0 Å². The summed E-state index contributed by atoms with van der Waals surface area (Å²) in [6, 6.07) is 3.53. The van der Waals surface area contributed by atoms with Crippen molar-refractivity contribution in [2.24, 2.45) is 0 Å². The molecule has 0 fully saturated rings. The topological polar surface area (TPSA) is 116 Å². The van der Waals surface area contributed by atoms with E-state index < -0.39 is 12.0 Å². The van der Waals surface area contributed by atoms with Crippen LogP contribution < -0.4 is 5.32 Å². The molecule has 0 aliphatic carbocycles. The highest BCUT2D eigenvalue weighted by Crippen LogP contribution is 2.27. The fraction of sp³-hybridized carbons (Fsp3) is 0.278. The monoisotopic (exact) mass is 431 g/mol. The third kappa shape index (κ3) is 4.06. The van der Waals surface area contributed by atoms with Crippen LogP contribution in [0.5, 0.6) is 0 Å². The molecule has 4 rings (SSSR count). The Hall–Kier alpha value is -3.90. The molecule has 0 bridgehead atoms. The first-order valence-corrected chi connectivity index (χ1v) is 9.09. The molecule has 0 radical (unpaired) electrons. The summed E-state index contributed by atoms with van der Waals surface area (Å²) in [5.41, 5.74) is 1.97. The zero-order valence-electron chi connectivity index (χ0n) is 16.4. The second-order valence-corrected chi connectivity index (χ2v) is 6.69. The van der Waals surface area contributed by atoms with Crippen molar-refractivity contribution >= 4 is 11.7 Å². The van der Waals surface area contributed by atoms with Crippen LogP contribution >= 0.6 is 0 Å². The number of rotatable bonds is 5. The maximum absolute atomic E-state index is 12.9. The molecule has 4 aromatic rings. The molecule has 0 aliphatic rings. The van der Waals surface area contributed by atoms with E-state index in [1.807, 2.05) is 0 Å². The molecule has 0 aliphatic heterocycles. The quantitative estimate of drug-likeness (QED) is 0.510. The molecule has 1 N–H and O–H groups in total. The maximum atomic E-state index is 12.9. The van der Waals surface area contributed by atoms with Gasteiger partial charge in [0.25, 0.3) is 11.6 Å². The SMILES string of the molecule is Cc1nc2nc(C(F)(F)F)nn2c(C)c1CC(=O)NCc1cccnc1-n1cncn1. The Morgan fingerprint density at radius 1 is 1.23 bits per heavy atom. The van der Waals surface area contributed by atoms with Gasteiger partial charge in [-0.1, -0.05) is 6.07 Å². The van der Waals surface area contributed by atoms with E-state index in [1.165, 1.54) is 17.3 Å². The lowest BCUT2D eigenvalue weighted by atomic mass is 10.1. The van der Waals surface area contributed by atoms with Crippen LogP contribution in [-0.2, 0) is 23.9 Å². The lowest BCUT2D eigenvalue weighted by Gasteiger charge is -2.12. The van der Waals surface area contributed by atoms with Crippen LogP contribution in [0.25, 0.3) is 11.6 Å². The lowest BCUT2D eigenvalue weighted by Crippen LogP contribution is -2.26. The Morgan fingerprint density at radius 3 is 2.74 bits per heavy atom. The minimum atomic E-state index is -4.68. The average Bonchev–Trinajstić information content (AvgIpc) is 3.39. The number of aryl methyl sites for hydroxylation is 2. The van der Waals surface area contributed by atoms with Gasteiger partial charge in [0.05, 0.1) is 6.42 Å². The summed E-state index contributed by atoms with van der Waals surface area (Å²) in [5.74, 6) is -1.25. The molecular weight excluding hydrogens is 415 g/mol. The molecular formula is C18H16F3N9O. The normalized spacial score (nSPS) is 11.8. The number of aromatic nitrogens is 8. The zero-order chi connectivity index (χ0) is 22.2. The van der Waals surface area contributed by atoms with Gasteiger partial charge in [-0.15, -0.1) is 5.10 Å². The van der Waals surface area contributed by atoms with Crippen LogP contribution in [0.1, 0.15) is 28.3 Å². The van der Waals surface area contributed by atoms with Crippen molar-refractivity contribution < 1.29 is 18.0 Å². The van der Waals surface area contributed by atoms with Crippen molar-refractivity contribution in [3.63, 3.8) is 0 Å². The molecule has 4 aromatic heterocycles. The average molecular weight is 431 g/mol. The van der Waals surface area contributed by atoms with Gasteiger partial charge in [0.1, 0.15) is 12.7 Å². The summed E-state index contributed by atoms with van der Waals surface area (Å²) in [7, 11) is 0. The number of alkyl halides is 3. The Labute approximate surface area is 173 Å². The number of carbonyl (C=O) groups excluding carboxylic acids is 1. The van der Waals surface area contributed by atoms with Crippen LogP contribution in [0.15, 0.2) is 31.0 Å². The number of hydrogen-bond donors (Lipinski definition) is 1. The predicted octanol–water partition coefficient (Wildman–Crippen LogP) is 1.59.